The van der Waals surface area contributed by atoms with Gasteiger partial charge >= 0.3 is 39.0 Å². The molecule has 0 rings (SSSR count). The molecule has 0 aromatic rings. The molecule has 0 aromatic carbocycles. The SMILES string of the molecule is O.O=C([O-])C=CC(=O)[O-].O=C([O-])C=CC(=O)[O-].[Zn+2].[Zn+2]. The van der Waals surface area contributed by atoms with E-state index in [1.165, 1.54) is 0 Å². The van der Waals surface area contributed by atoms with Crippen LogP contribution >= 0.6 is 0 Å². The molecule has 0 heterocycles. The van der Waals surface area contributed by atoms with Crippen LogP contribution in [0.15, 0.2) is 24.3 Å². The van der Waals surface area contributed by atoms with Gasteiger partial charge in [0.25, 0.3) is 0 Å². The van der Waals surface area contributed by atoms with Crippen LogP contribution in [0.3, 0.4) is 0 Å². The monoisotopic (exact) mass is 374 g/mol. The second kappa shape index (κ2) is 18.9. The fourth-order valence-electron chi connectivity index (χ4n) is 0.272. The van der Waals surface area contributed by atoms with Crippen molar-refractivity contribution < 1.29 is 84.0 Å². The average Bonchev–Trinajstić information content (AvgIpc) is 2.12. The van der Waals surface area contributed by atoms with Gasteiger partial charge in [-0.1, -0.05) is 0 Å². The van der Waals surface area contributed by atoms with Gasteiger partial charge in [0.2, 0.25) is 0 Å². The number of rotatable bonds is 4. The third kappa shape index (κ3) is 47.9. The number of hydrogen-bond acceptors (Lipinski definition) is 8. The van der Waals surface area contributed by atoms with Crippen molar-refractivity contribution in [3.05, 3.63) is 24.3 Å². The summed E-state index contributed by atoms with van der Waals surface area (Å²) in [7, 11) is 0. The molecule has 9 nitrogen and oxygen atoms in total. The van der Waals surface area contributed by atoms with Gasteiger partial charge < -0.3 is 45.1 Å². The Morgan fingerprint density at radius 1 is 0.526 bits per heavy atom. The Bertz CT molecular complexity index is 282. The Morgan fingerprint density at radius 2 is 0.632 bits per heavy atom. The van der Waals surface area contributed by atoms with E-state index in [1.54, 1.807) is 0 Å². The van der Waals surface area contributed by atoms with Crippen LogP contribution in [0, 0.1) is 0 Å². The van der Waals surface area contributed by atoms with Crippen molar-refractivity contribution in [1.29, 1.82) is 0 Å². The molecule has 0 saturated carbocycles. The van der Waals surface area contributed by atoms with Crippen LogP contribution in [0.25, 0.3) is 0 Å². The molecule has 0 radical (unpaired) electrons. The van der Waals surface area contributed by atoms with E-state index in [0.29, 0.717) is 24.3 Å². The zero-order chi connectivity index (χ0) is 13.1. The fraction of sp³-hybridized carbons (Fsp3) is 0. The van der Waals surface area contributed by atoms with E-state index in [2.05, 4.69) is 0 Å². The van der Waals surface area contributed by atoms with Crippen LogP contribution in [0.5, 0.6) is 0 Å². The van der Waals surface area contributed by atoms with Crippen molar-refractivity contribution in [3.8, 4) is 0 Å². The molecule has 0 aliphatic carbocycles. The Balaban J connectivity index is -0.0000000594. The van der Waals surface area contributed by atoms with Gasteiger partial charge in [0, 0.05) is 0 Å². The van der Waals surface area contributed by atoms with Gasteiger partial charge in [0.05, 0.1) is 23.9 Å². The van der Waals surface area contributed by atoms with Gasteiger partial charge in [0.15, 0.2) is 0 Å². The van der Waals surface area contributed by atoms with E-state index in [4.69, 9.17) is 0 Å². The molecule has 0 spiro atoms. The summed E-state index contributed by atoms with van der Waals surface area (Å²) in [6.07, 6.45) is 1.54. The minimum absolute atomic E-state index is 0. The van der Waals surface area contributed by atoms with E-state index in [0.717, 1.165) is 0 Å². The normalized spacial score (nSPS) is 8.00. The first-order valence-electron chi connectivity index (χ1n) is 3.45. The van der Waals surface area contributed by atoms with Crippen molar-refractivity contribution in [1.82, 2.24) is 0 Å². The molecule has 0 aliphatic heterocycles. The molecule has 11 heteroatoms. The maximum absolute atomic E-state index is 9.41. The number of carbonyl (C=O) groups is 4. The molecular weight excluding hydrogens is 371 g/mol. The van der Waals surface area contributed by atoms with Crippen molar-refractivity contribution in [3.63, 3.8) is 0 Å². The molecule has 96 valence electrons. The summed E-state index contributed by atoms with van der Waals surface area (Å²) in [6.45, 7) is 0. The van der Waals surface area contributed by atoms with Crippen LogP contribution in [0.1, 0.15) is 0 Å². The van der Waals surface area contributed by atoms with E-state index < -0.39 is 23.9 Å². The molecular formula is C8H6O9Zn2. The molecule has 0 aliphatic rings. The van der Waals surface area contributed by atoms with E-state index in [1.807, 2.05) is 0 Å². The second-order valence-corrected chi connectivity index (χ2v) is 1.94. The van der Waals surface area contributed by atoms with Crippen LogP contribution in [0.2, 0.25) is 0 Å². The molecule has 0 unspecified atom stereocenters. The number of carbonyl (C=O) groups excluding carboxylic acids is 4. The maximum Gasteiger partial charge on any atom is 2.00 e. The van der Waals surface area contributed by atoms with Gasteiger partial charge in [-0.2, -0.15) is 0 Å². The van der Waals surface area contributed by atoms with Gasteiger partial charge in [0.1, 0.15) is 0 Å². The topological polar surface area (TPSA) is 192 Å². The fourth-order valence-corrected chi connectivity index (χ4v) is 0.272. The number of carboxylic acids is 4. The largest absolute Gasteiger partial charge is 2.00 e. The summed E-state index contributed by atoms with van der Waals surface area (Å²) in [5.74, 6) is -6.19. The van der Waals surface area contributed by atoms with E-state index >= 15 is 0 Å². The van der Waals surface area contributed by atoms with Crippen LogP contribution in [-0.2, 0) is 58.1 Å². The Kier molecular flexibility index (Phi) is 30.4. The molecule has 19 heavy (non-hydrogen) atoms. The summed E-state index contributed by atoms with van der Waals surface area (Å²) >= 11 is 0. The predicted molar refractivity (Wildman–Crippen MR) is 41.9 cm³/mol. The Hall–Kier alpha value is -1.43. The molecule has 0 fully saturated rings. The zero-order valence-corrected chi connectivity index (χ0v) is 15.4. The first-order valence-corrected chi connectivity index (χ1v) is 3.45. The average molecular weight is 377 g/mol. The summed E-state index contributed by atoms with van der Waals surface area (Å²) in [6, 6.07) is 0. The van der Waals surface area contributed by atoms with Crippen molar-refractivity contribution >= 4 is 23.9 Å². The summed E-state index contributed by atoms with van der Waals surface area (Å²) in [5, 5.41) is 37.7. The predicted octanol–water partition coefficient (Wildman–Crippen LogP) is -6.74. The molecule has 0 bridgehead atoms. The quantitative estimate of drug-likeness (QED) is 0.341. The maximum atomic E-state index is 9.41. The van der Waals surface area contributed by atoms with Gasteiger partial charge in [-0.05, 0) is 24.3 Å². The Labute approximate surface area is 132 Å². The summed E-state index contributed by atoms with van der Waals surface area (Å²) in [5.41, 5.74) is 0. The van der Waals surface area contributed by atoms with Crippen LogP contribution < -0.4 is 20.4 Å². The van der Waals surface area contributed by atoms with Crippen molar-refractivity contribution in [2.24, 2.45) is 0 Å². The third-order valence-electron chi connectivity index (χ3n) is 0.711. The number of hydrogen-bond donors (Lipinski definition) is 0. The second-order valence-electron chi connectivity index (χ2n) is 1.94. The smallest absolute Gasteiger partial charge is 0.545 e. The Morgan fingerprint density at radius 3 is 0.684 bits per heavy atom. The number of carboxylic acid groups (broad SMARTS) is 4. The molecule has 2 N–H and O–H groups in total. The minimum atomic E-state index is -1.55. The van der Waals surface area contributed by atoms with Gasteiger partial charge in [-0.3, -0.25) is 0 Å². The molecule has 0 amide bonds. The summed E-state index contributed by atoms with van der Waals surface area (Å²) < 4.78 is 0. The van der Waals surface area contributed by atoms with Gasteiger partial charge in [-0.15, -0.1) is 0 Å². The van der Waals surface area contributed by atoms with E-state index in [-0.39, 0.29) is 44.4 Å². The van der Waals surface area contributed by atoms with Crippen LogP contribution in [-0.4, -0.2) is 29.4 Å². The van der Waals surface area contributed by atoms with E-state index in [9.17, 15) is 39.6 Å². The van der Waals surface area contributed by atoms with Crippen molar-refractivity contribution in [2.75, 3.05) is 0 Å². The number of aliphatic carboxylic acids is 4. The van der Waals surface area contributed by atoms with Crippen molar-refractivity contribution in [2.45, 2.75) is 0 Å². The van der Waals surface area contributed by atoms with Crippen LogP contribution in [0.4, 0.5) is 0 Å². The third-order valence-corrected chi connectivity index (χ3v) is 0.711. The standard InChI is InChI=1S/2C4H4O4.H2O.2Zn/c2*5-3(6)1-2-4(7)8;;;/h2*1-2H,(H,5,6)(H,7,8);1H2;;/q;;;2*+2/p-4. The van der Waals surface area contributed by atoms with Gasteiger partial charge in [-0.25, -0.2) is 0 Å². The molecule has 0 atom stereocenters. The zero-order valence-electron chi connectivity index (χ0n) is 9.49. The first kappa shape index (κ1) is 30.5. The molecule has 0 aromatic heterocycles. The minimum Gasteiger partial charge on any atom is -0.545 e. The molecule has 0 saturated heterocycles. The summed E-state index contributed by atoms with van der Waals surface area (Å²) in [4.78, 5) is 37.7. The first-order chi connectivity index (χ1) is 7.25.